The molecule has 0 saturated heterocycles. The second-order valence-electron chi connectivity index (χ2n) is 4.16. The number of hydrogen-bond donors (Lipinski definition) is 1. The minimum Gasteiger partial charge on any atom is -0.346 e. The molecule has 1 aromatic heterocycles. The van der Waals surface area contributed by atoms with E-state index >= 15 is 0 Å². The third kappa shape index (κ3) is 3.42. The maximum Gasteiger partial charge on any atom is 0.136 e. The molecule has 0 aliphatic carbocycles. The van der Waals surface area contributed by atoms with Gasteiger partial charge in [0.05, 0.1) is 5.75 Å². The molecule has 0 bridgehead atoms. The van der Waals surface area contributed by atoms with E-state index in [0.29, 0.717) is 15.3 Å². The lowest BCUT2D eigenvalue weighted by molar-refractivity contribution is 0.602. The van der Waals surface area contributed by atoms with Crippen molar-refractivity contribution in [2.24, 2.45) is 0 Å². The van der Waals surface area contributed by atoms with Crippen molar-refractivity contribution in [3.05, 3.63) is 51.8 Å². The van der Waals surface area contributed by atoms with Gasteiger partial charge in [-0.05, 0) is 25.5 Å². The third-order valence-electron chi connectivity index (χ3n) is 2.83. The molecular formula is C14H15FN2S2. The molecule has 1 heterocycles. The van der Waals surface area contributed by atoms with Crippen LogP contribution in [0.1, 0.15) is 24.0 Å². The summed E-state index contributed by atoms with van der Waals surface area (Å²) in [6.07, 6.45) is 0.870. The first-order valence-electron chi connectivity index (χ1n) is 6.07. The average molecular weight is 294 g/mol. The van der Waals surface area contributed by atoms with Crippen molar-refractivity contribution in [2.75, 3.05) is 0 Å². The van der Waals surface area contributed by atoms with Crippen LogP contribution in [0.25, 0.3) is 0 Å². The van der Waals surface area contributed by atoms with Gasteiger partial charge in [-0.15, -0.1) is 11.8 Å². The van der Waals surface area contributed by atoms with Crippen LogP contribution in [0.4, 0.5) is 4.39 Å². The molecule has 0 spiro atoms. The van der Waals surface area contributed by atoms with E-state index in [0.717, 1.165) is 23.5 Å². The van der Waals surface area contributed by atoms with Gasteiger partial charge in [-0.1, -0.05) is 31.3 Å². The molecule has 0 saturated carbocycles. The van der Waals surface area contributed by atoms with Gasteiger partial charge in [-0.2, -0.15) is 0 Å². The fourth-order valence-electron chi connectivity index (χ4n) is 1.86. The smallest absolute Gasteiger partial charge is 0.136 e. The second kappa shape index (κ2) is 6.30. The summed E-state index contributed by atoms with van der Waals surface area (Å²) >= 11 is 6.68. The number of hydrogen-bond acceptors (Lipinski definition) is 3. The fraction of sp³-hybridized carbons (Fsp3) is 0.286. The van der Waals surface area contributed by atoms with Crippen molar-refractivity contribution < 1.29 is 4.39 Å². The van der Waals surface area contributed by atoms with Crippen molar-refractivity contribution in [3.63, 3.8) is 0 Å². The Bertz CT molecular complexity index is 638. The van der Waals surface area contributed by atoms with Gasteiger partial charge >= 0.3 is 0 Å². The molecule has 5 heteroatoms. The van der Waals surface area contributed by atoms with E-state index in [4.69, 9.17) is 12.2 Å². The third-order valence-corrected chi connectivity index (χ3v) is 4.23. The van der Waals surface area contributed by atoms with Crippen molar-refractivity contribution in [1.82, 2.24) is 9.97 Å². The summed E-state index contributed by atoms with van der Waals surface area (Å²) in [5, 5.41) is 0. The molecule has 0 unspecified atom stereocenters. The van der Waals surface area contributed by atoms with Crippen molar-refractivity contribution >= 4 is 24.0 Å². The number of H-pyrrole nitrogens is 1. The number of benzene rings is 1. The molecule has 0 aliphatic heterocycles. The summed E-state index contributed by atoms with van der Waals surface area (Å²) < 4.78 is 14.1. The standard InChI is InChI=1S/C14H15FN2S2/c1-3-10-9(2)16-13(17-14(10)18)8-19-12-7-5-4-6-11(12)15/h4-7H,3,8H2,1-2H3,(H,16,17,18). The summed E-state index contributed by atoms with van der Waals surface area (Å²) in [5.41, 5.74) is 2.13. The number of nitrogens with zero attached hydrogens (tertiary/aromatic N) is 1. The van der Waals surface area contributed by atoms with E-state index in [1.54, 1.807) is 12.1 Å². The molecule has 2 aromatic rings. The van der Waals surface area contributed by atoms with E-state index in [2.05, 4.69) is 16.9 Å². The van der Waals surface area contributed by atoms with Crippen LogP contribution >= 0.6 is 24.0 Å². The van der Waals surface area contributed by atoms with E-state index < -0.39 is 0 Å². The summed E-state index contributed by atoms with van der Waals surface area (Å²) in [4.78, 5) is 8.23. The SMILES string of the molecule is CCc1c(C)[nH]c(CSc2ccccc2F)nc1=S. The molecule has 1 aromatic carbocycles. The number of thioether (sulfide) groups is 1. The Morgan fingerprint density at radius 3 is 2.74 bits per heavy atom. The molecule has 100 valence electrons. The van der Waals surface area contributed by atoms with E-state index in [1.807, 2.05) is 13.0 Å². The van der Waals surface area contributed by atoms with Crippen LogP contribution < -0.4 is 0 Å². The molecule has 0 atom stereocenters. The number of rotatable bonds is 4. The van der Waals surface area contributed by atoms with Gasteiger partial charge in [0.25, 0.3) is 0 Å². The van der Waals surface area contributed by atoms with Gasteiger partial charge in [-0.25, -0.2) is 9.37 Å². The minimum absolute atomic E-state index is 0.201. The van der Waals surface area contributed by atoms with Gasteiger partial charge < -0.3 is 4.98 Å². The number of aromatic amines is 1. The zero-order valence-electron chi connectivity index (χ0n) is 10.9. The highest BCUT2D eigenvalue weighted by Crippen LogP contribution is 2.24. The van der Waals surface area contributed by atoms with Crippen molar-refractivity contribution in [1.29, 1.82) is 0 Å². The lowest BCUT2D eigenvalue weighted by atomic mass is 10.2. The lowest BCUT2D eigenvalue weighted by Crippen LogP contribution is -2.01. The zero-order valence-corrected chi connectivity index (χ0v) is 12.5. The topological polar surface area (TPSA) is 28.7 Å². The first-order chi connectivity index (χ1) is 9.11. The Labute approximate surface area is 121 Å². The number of nitrogens with one attached hydrogen (secondary N) is 1. The maximum atomic E-state index is 13.5. The van der Waals surface area contributed by atoms with Crippen molar-refractivity contribution in [3.8, 4) is 0 Å². The normalized spacial score (nSPS) is 10.7. The predicted molar refractivity (Wildman–Crippen MR) is 79.5 cm³/mol. The highest BCUT2D eigenvalue weighted by atomic mass is 32.2. The second-order valence-corrected chi connectivity index (χ2v) is 5.57. The molecule has 0 aliphatic rings. The van der Waals surface area contributed by atoms with Crippen LogP contribution in [0.15, 0.2) is 29.2 Å². The van der Waals surface area contributed by atoms with Gasteiger partial charge in [0, 0.05) is 16.2 Å². The first-order valence-corrected chi connectivity index (χ1v) is 7.47. The van der Waals surface area contributed by atoms with E-state index in [9.17, 15) is 4.39 Å². The zero-order chi connectivity index (χ0) is 13.8. The van der Waals surface area contributed by atoms with Gasteiger partial charge in [0.1, 0.15) is 16.3 Å². The number of aryl methyl sites for hydroxylation is 1. The van der Waals surface area contributed by atoms with Crippen LogP contribution in [0.2, 0.25) is 0 Å². The van der Waals surface area contributed by atoms with Crippen LogP contribution in [0.5, 0.6) is 0 Å². The average Bonchev–Trinajstić information content (AvgIpc) is 2.37. The number of aromatic nitrogens is 2. The summed E-state index contributed by atoms with van der Waals surface area (Å²) in [6, 6.07) is 6.74. The molecule has 2 nitrogen and oxygen atoms in total. The van der Waals surface area contributed by atoms with Gasteiger partial charge in [-0.3, -0.25) is 0 Å². The lowest BCUT2D eigenvalue weighted by Gasteiger charge is -2.07. The predicted octanol–water partition coefficient (Wildman–Crippen LogP) is 4.44. The molecule has 2 rings (SSSR count). The van der Waals surface area contributed by atoms with Gasteiger partial charge in [0.2, 0.25) is 0 Å². The minimum atomic E-state index is -0.201. The summed E-state index contributed by atoms with van der Waals surface area (Å²) in [7, 11) is 0. The maximum absolute atomic E-state index is 13.5. The Balaban J connectivity index is 2.17. The van der Waals surface area contributed by atoms with Gasteiger partial charge in [0.15, 0.2) is 0 Å². The molecule has 0 fully saturated rings. The van der Waals surface area contributed by atoms with Crippen molar-refractivity contribution in [2.45, 2.75) is 30.9 Å². The quantitative estimate of drug-likeness (QED) is 0.667. The van der Waals surface area contributed by atoms with Crippen LogP contribution in [0.3, 0.4) is 0 Å². The fourth-order valence-corrected chi connectivity index (χ4v) is 3.08. The molecular weight excluding hydrogens is 279 g/mol. The highest BCUT2D eigenvalue weighted by molar-refractivity contribution is 7.98. The van der Waals surface area contributed by atoms with E-state index in [1.165, 1.54) is 17.8 Å². The van der Waals surface area contributed by atoms with Crippen LogP contribution in [-0.2, 0) is 12.2 Å². The monoisotopic (exact) mass is 294 g/mol. The molecule has 1 N–H and O–H groups in total. The Kier molecular flexibility index (Phi) is 4.71. The molecule has 19 heavy (non-hydrogen) atoms. The molecule has 0 amide bonds. The first kappa shape index (κ1) is 14.2. The number of halogens is 1. The highest BCUT2D eigenvalue weighted by Gasteiger charge is 2.06. The van der Waals surface area contributed by atoms with E-state index in [-0.39, 0.29) is 5.82 Å². The summed E-state index contributed by atoms with van der Waals surface area (Å²) in [5.74, 6) is 1.16. The summed E-state index contributed by atoms with van der Waals surface area (Å²) in [6.45, 7) is 4.05. The van der Waals surface area contributed by atoms with Crippen LogP contribution in [0, 0.1) is 17.4 Å². The van der Waals surface area contributed by atoms with Crippen LogP contribution in [-0.4, -0.2) is 9.97 Å². The Hall–Kier alpha value is -1.20. The molecule has 0 radical (unpaired) electrons. The Morgan fingerprint density at radius 2 is 2.11 bits per heavy atom. The Morgan fingerprint density at radius 1 is 1.37 bits per heavy atom. The largest absolute Gasteiger partial charge is 0.346 e.